The van der Waals surface area contributed by atoms with Crippen molar-refractivity contribution in [3.8, 4) is 0 Å². The van der Waals surface area contributed by atoms with Crippen molar-refractivity contribution >= 4 is 11.9 Å². The highest BCUT2D eigenvalue weighted by Gasteiger charge is 2.02. The molecule has 0 bridgehead atoms. The number of rotatable bonds is 0. The Balaban J connectivity index is 2.42. The van der Waals surface area contributed by atoms with Crippen molar-refractivity contribution in [2.45, 2.75) is 25.7 Å². The highest BCUT2D eigenvalue weighted by Crippen LogP contribution is 2.02. The fourth-order valence-corrected chi connectivity index (χ4v) is 1.14. The summed E-state index contributed by atoms with van der Waals surface area (Å²) in [5.41, 5.74) is 0. The van der Waals surface area contributed by atoms with Crippen LogP contribution in [0.25, 0.3) is 0 Å². The van der Waals surface area contributed by atoms with Crippen LogP contribution in [-0.2, 0) is 19.1 Å². The maximum absolute atomic E-state index is 10.9. The van der Waals surface area contributed by atoms with Crippen LogP contribution in [0.1, 0.15) is 25.7 Å². The number of hydrogen-bond acceptors (Lipinski definition) is 4. The quantitative estimate of drug-likeness (QED) is 0.549. The number of carbonyl (C=O) groups is 2. The third-order valence-corrected chi connectivity index (χ3v) is 1.88. The normalized spacial score (nSPS) is 22.6. The van der Waals surface area contributed by atoms with Crippen molar-refractivity contribution < 1.29 is 19.1 Å². The van der Waals surface area contributed by atoms with E-state index in [-0.39, 0.29) is 0 Å². The molecule has 1 aliphatic rings. The van der Waals surface area contributed by atoms with Crippen LogP contribution in [0.5, 0.6) is 0 Å². The lowest BCUT2D eigenvalue weighted by Crippen LogP contribution is -2.07. The van der Waals surface area contributed by atoms with Crippen molar-refractivity contribution in [3.05, 3.63) is 12.2 Å². The molecule has 0 aromatic carbocycles. The minimum Gasteiger partial charge on any atom is -0.463 e. The highest BCUT2D eigenvalue weighted by atomic mass is 16.5. The van der Waals surface area contributed by atoms with E-state index in [1.165, 1.54) is 0 Å². The van der Waals surface area contributed by atoms with Gasteiger partial charge in [-0.15, -0.1) is 0 Å². The molecular formula is C10H14O4. The Kier molecular flexibility index (Phi) is 4.75. The summed E-state index contributed by atoms with van der Waals surface area (Å²) < 4.78 is 9.66. The maximum atomic E-state index is 10.9. The van der Waals surface area contributed by atoms with Gasteiger partial charge in [0.05, 0.1) is 13.2 Å². The standard InChI is InChI=1S/C10H14O4/c11-9-5-6-10(12)14-8-4-2-1-3-7-13-9/h5-6H,1-4,7-8H2/b6-5+. The molecule has 0 radical (unpaired) electrons. The van der Waals surface area contributed by atoms with Gasteiger partial charge < -0.3 is 9.47 Å². The van der Waals surface area contributed by atoms with Gasteiger partial charge in [0.2, 0.25) is 0 Å². The van der Waals surface area contributed by atoms with E-state index >= 15 is 0 Å². The van der Waals surface area contributed by atoms with Crippen LogP contribution in [0.15, 0.2) is 12.2 Å². The molecule has 1 aliphatic heterocycles. The molecule has 1 rings (SSSR count). The van der Waals surface area contributed by atoms with Gasteiger partial charge in [0.1, 0.15) is 0 Å². The van der Waals surface area contributed by atoms with Crippen molar-refractivity contribution in [2.75, 3.05) is 13.2 Å². The number of cyclic esters (lactones) is 2. The molecule has 4 nitrogen and oxygen atoms in total. The van der Waals surface area contributed by atoms with Gasteiger partial charge in [0, 0.05) is 12.2 Å². The molecule has 0 spiro atoms. The summed E-state index contributed by atoms with van der Waals surface area (Å²) in [7, 11) is 0. The third kappa shape index (κ3) is 4.64. The number of carbonyl (C=O) groups excluding carboxylic acids is 2. The van der Waals surface area contributed by atoms with E-state index in [0.29, 0.717) is 13.2 Å². The Labute approximate surface area is 82.9 Å². The van der Waals surface area contributed by atoms with Gasteiger partial charge in [-0.3, -0.25) is 0 Å². The Morgan fingerprint density at radius 1 is 0.786 bits per heavy atom. The molecule has 0 saturated carbocycles. The van der Waals surface area contributed by atoms with Crippen LogP contribution in [-0.4, -0.2) is 25.2 Å². The van der Waals surface area contributed by atoms with Gasteiger partial charge in [-0.1, -0.05) is 0 Å². The Bertz CT molecular complexity index is 208. The van der Waals surface area contributed by atoms with Gasteiger partial charge >= 0.3 is 11.9 Å². The van der Waals surface area contributed by atoms with E-state index in [9.17, 15) is 9.59 Å². The van der Waals surface area contributed by atoms with E-state index in [1.54, 1.807) is 0 Å². The van der Waals surface area contributed by atoms with Crippen LogP contribution in [0.3, 0.4) is 0 Å². The van der Waals surface area contributed by atoms with Gasteiger partial charge in [-0.25, -0.2) is 9.59 Å². The lowest BCUT2D eigenvalue weighted by Gasteiger charge is -2.05. The average Bonchev–Trinajstić information content (AvgIpc) is 2.17. The summed E-state index contributed by atoms with van der Waals surface area (Å²) in [5, 5.41) is 0. The fourth-order valence-electron chi connectivity index (χ4n) is 1.14. The van der Waals surface area contributed by atoms with E-state index in [2.05, 4.69) is 0 Å². The summed E-state index contributed by atoms with van der Waals surface area (Å²) in [6, 6.07) is 0. The average molecular weight is 198 g/mol. The number of ether oxygens (including phenoxy) is 2. The van der Waals surface area contributed by atoms with E-state index in [4.69, 9.17) is 9.47 Å². The molecule has 1 heterocycles. The lowest BCUT2D eigenvalue weighted by atomic mass is 10.2. The molecule has 0 fully saturated rings. The monoisotopic (exact) mass is 198 g/mol. The van der Waals surface area contributed by atoms with Gasteiger partial charge in [-0.05, 0) is 25.7 Å². The predicted octanol–water partition coefficient (Wildman–Crippen LogP) is 1.20. The fraction of sp³-hybridized carbons (Fsp3) is 0.600. The highest BCUT2D eigenvalue weighted by molar-refractivity contribution is 5.91. The van der Waals surface area contributed by atoms with Crippen LogP contribution >= 0.6 is 0 Å². The second-order valence-electron chi connectivity index (χ2n) is 3.08. The summed E-state index contributed by atoms with van der Waals surface area (Å²) in [6.45, 7) is 0.858. The molecule has 4 heteroatoms. The second kappa shape index (κ2) is 6.18. The Morgan fingerprint density at radius 3 is 1.64 bits per heavy atom. The van der Waals surface area contributed by atoms with Crippen LogP contribution in [0.2, 0.25) is 0 Å². The molecule has 0 amide bonds. The third-order valence-electron chi connectivity index (χ3n) is 1.88. The van der Waals surface area contributed by atoms with Crippen LogP contribution in [0, 0.1) is 0 Å². The molecule has 14 heavy (non-hydrogen) atoms. The molecule has 0 aromatic rings. The predicted molar refractivity (Wildman–Crippen MR) is 49.5 cm³/mol. The zero-order valence-electron chi connectivity index (χ0n) is 8.03. The van der Waals surface area contributed by atoms with Crippen molar-refractivity contribution in [1.82, 2.24) is 0 Å². The summed E-state index contributed by atoms with van der Waals surface area (Å²) in [4.78, 5) is 21.9. The molecule has 0 aliphatic carbocycles. The maximum Gasteiger partial charge on any atom is 0.331 e. The minimum atomic E-state index is -0.484. The van der Waals surface area contributed by atoms with Gasteiger partial charge in [0.25, 0.3) is 0 Å². The number of hydrogen-bond donors (Lipinski definition) is 0. The van der Waals surface area contributed by atoms with Crippen molar-refractivity contribution in [1.29, 1.82) is 0 Å². The first kappa shape index (κ1) is 10.8. The molecule has 0 N–H and O–H groups in total. The second-order valence-corrected chi connectivity index (χ2v) is 3.08. The van der Waals surface area contributed by atoms with Gasteiger partial charge in [-0.2, -0.15) is 0 Å². The van der Waals surface area contributed by atoms with Crippen molar-refractivity contribution in [2.24, 2.45) is 0 Å². The Morgan fingerprint density at radius 2 is 1.21 bits per heavy atom. The molecule has 78 valence electrons. The minimum absolute atomic E-state index is 0.429. The van der Waals surface area contributed by atoms with Gasteiger partial charge in [0.15, 0.2) is 0 Å². The van der Waals surface area contributed by atoms with Crippen LogP contribution < -0.4 is 0 Å². The molecule has 0 saturated heterocycles. The SMILES string of the molecule is O=C1/C=C/C(=O)OCCCCCCO1. The lowest BCUT2D eigenvalue weighted by molar-refractivity contribution is -0.140. The van der Waals surface area contributed by atoms with E-state index in [0.717, 1.165) is 37.8 Å². The summed E-state index contributed by atoms with van der Waals surface area (Å²) in [5.74, 6) is -0.968. The zero-order chi connectivity index (χ0) is 10.2. The molecular weight excluding hydrogens is 184 g/mol. The summed E-state index contributed by atoms with van der Waals surface area (Å²) in [6.07, 6.45) is 5.93. The topological polar surface area (TPSA) is 52.6 Å². The zero-order valence-corrected chi connectivity index (χ0v) is 8.03. The molecule has 0 aromatic heterocycles. The summed E-state index contributed by atoms with van der Waals surface area (Å²) >= 11 is 0. The van der Waals surface area contributed by atoms with E-state index in [1.807, 2.05) is 0 Å². The van der Waals surface area contributed by atoms with Crippen LogP contribution in [0.4, 0.5) is 0 Å². The van der Waals surface area contributed by atoms with Crippen molar-refractivity contribution in [3.63, 3.8) is 0 Å². The largest absolute Gasteiger partial charge is 0.463 e. The first-order valence-corrected chi connectivity index (χ1v) is 4.80. The first-order valence-electron chi connectivity index (χ1n) is 4.80. The smallest absolute Gasteiger partial charge is 0.331 e. The number of esters is 2. The first-order chi connectivity index (χ1) is 6.79. The molecule has 0 atom stereocenters. The van der Waals surface area contributed by atoms with E-state index < -0.39 is 11.9 Å². The Hall–Kier alpha value is -1.32. The molecule has 0 unspecified atom stereocenters.